The van der Waals surface area contributed by atoms with Crippen LogP contribution in [0.1, 0.15) is 39.2 Å². The summed E-state index contributed by atoms with van der Waals surface area (Å²) in [5, 5.41) is 6.65. The summed E-state index contributed by atoms with van der Waals surface area (Å²) >= 11 is 0. The molecule has 1 aromatic heterocycles. The largest absolute Gasteiger partial charge is 0.376 e. The van der Waals surface area contributed by atoms with Crippen molar-refractivity contribution in [1.29, 1.82) is 0 Å². The smallest absolute Gasteiger partial charge is 0.125 e. The summed E-state index contributed by atoms with van der Waals surface area (Å²) < 4.78 is 5.85. The van der Waals surface area contributed by atoms with Gasteiger partial charge in [-0.25, -0.2) is 4.98 Å². The van der Waals surface area contributed by atoms with Gasteiger partial charge in [0.1, 0.15) is 5.82 Å². The number of rotatable bonds is 5. The van der Waals surface area contributed by atoms with Crippen LogP contribution in [0.4, 0.5) is 5.82 Å². The van der Waals surface area contributed by atoms with Crippen LogP contribution in [0.2, 0.25) is 0 Å². The minimum Gasteiger partial charge on any atom is -0.376 e. The molecule has 0 aliphatic carbocycles. The zero-order valence-corrected chi connectivity index (χ0v) is 12.9. The van der Waals surface area contributed by atoms with E-state index in [4.69, 9.17) is 4.74 Å². The second-order valence-corrected chi connectivity index (χ2v) is 6.43. The molecule has 0 aromatic carbocycles. The molecule has 0 amide bonds. The molecular weight excluding hydrogens is 250 g/mol. The van der Waals surface area contributed by atoms with Gasteiger partial charge >= 0.3 is 0 Å². The number of nitrogens with zero attached hydrogens (tertiary/aromatic N) is 1. The molecular formula is C16H27N3O. The van der Waals surface area contributed by atoms with Crippen molar-refractivity contribution in [3.8, 4) is 0 Å². The second-order valence-electron chi connectivity index (χ2n) is 6.43. The Kier molecular flexibility index (Phi) is 5.38. The average molecular weight is 277 g/mol. The molecule has 0 saturated carbocycles. The highest BCUT2D eigenvalue weighted by molar-refractivity contribution is 5.36. The number of nitrogens with one attached hydrogen (secondary N) is 2. The van der Waals surface area contributed by atoms with Gasteiger partial charge in [0, 0.05) is 12.7 Å². The number of hydrogen-bond acceptors (Lipinski definition) is 4. The number of aromatic nitrogens is 1. The summed E-state index contributed by atoms with van der Waals surface area (Å²) in [5.74, 6) is 0.923. The number of hydrogen-bond donors (Lipinski definition) is 2. The molecule has 112 valence electrons. The van der Waals surface area contributed by atoms with Crippen LogP contribution in [0, 0.1) is 0 Å². The normalized spacial score (nSPS) is 17.1. The van der Waals surface area contributed by atoms with Crippen LogP contribution in [0.5, 0.6) is 0 Å². The lowest BCUT2D eigenvalue weighted by Gasteiger charge is -2.23. The summed E-state index contributed by atoms with van der Waals surface area (Å²) in [4.78, 5) is 4.45. The van der Waals surface area contributed by atoms with Gasteiger partial charge in [-0.3, -0.25) is 0 Å². The van der Waals surface area contributed by atoms with Gasteiger partial charge in [-0.2, -0.15) is 0 Å². The Hall–Kier alpha value is -1.13. The summed E-state index contributed by atoms with van der Waals surface area (Å²) in [6.45, 7) is 10.3. The standard InChI is InChI=1S/C16H27N3O/c1-16(2,3)13-4-5-15(19-12-13)18-10-11-20-14-6-8-17-9-7-14/h4-5,12,14,17H,6-11H2,1-3H3,(H,18,19). The number of piperidine rings is 1. The SMILES string of the molecule is CC(C)(C)c1ccc(NCCOC2CCNCC2)nc1. The molecule has 4 nitrogen and oxygen atoms in total. The fourth-order valence-corrected chi connectivity index (χ4v) is 2.31. The van der Waals surface area contributed by atoms with E-state index in [9.17, 15) is 0 Å². The summed E-state index contributed by atoms with van der Waals surface area (Å²) in [7, 11) is 0. The molecule has 0 spiro atoms. The average Bonchev–Trinajstić information content (AvgIpc) is 2.44. The van der Waals surface area contributed by atoms with Crippen molar-refractivity contribution in [2.24, 2.45) is 0 Å². The molecule has 20 heavy (non-hydrogen) atoms. The molecule has 0 bridgehead atoms. The summed E-state index contributed by atoms with van der Waals surface area (Å²) in [6, 6.07) is 4.19. The van der Waals surface area contributed by atoms with E-state index in [2.05, 4.69) is 42.5 Å². The fraction of sp³-hybridized carbons (Fsp3) is 0.688. The van der Waals surface area contributed by atoms with Gasteiger partial charge < -0.3 is 15.4 Å². The van der Waals surface area contributed by atoms with Crippen molar-refractivity contribution in [3.63, 3.8) is 0 Å². The first kappa shape index (κ1) is 15.3. The van der Waals surface area contributed by atoms with Crippen molar-refractivity contribution in [1.82, 2.24) is 10.3 Å². The van der Waals surface area contributed by atoms with Gasteiger partial charge in [0.15, 0.2) is 0 Å². The maximum atomic E-state index is 5.85. The Balaban J connectivity index is 1.68. The van der Waals surface area contributed by atoms with E-state index in [0.717, 1.165) is 44.9 Å². The van der Waals surface area contributed by atoms with Crippen LogP contribution in [0.25, 0.3) is 0 Å². The number of ether oxygens (including phenoxy) is 1. The molecule has 1 aromatic rings. The van der Waals surface area contributed by atoms with Crippen molar-refractivity contribution >= 4 is 5.82 Å². The molecule has 2 N–H and O–H groups in total. The molecule has 1 fully saturated rings. The van der Waals surface area contributed by atoms with Crippen molar-refractivity contribution < 1.29 is 4.74 Å². The Morgan fingerprint density at radius 3 is 2.65 bits per heavy atom. The maximum absolute atomic E-state index is 5.85. The lowest BCUT2D eigenvalue weighted by Crippen LogP contribution is -2.33. The minimum atomic E-state index is 0.156. The van der Waals surface area contributed by atoms with Gasteiger partial charge in [0.2, 0.25) is 0 Å². The third kappa shape index (κ3) is 4.76. The molecule has 1 saturated heterocycles. The predicted molar refractivity (Wildman–Crippen MR) is 83.3 cm³/mol. The molecule has 4 heteroatoms. The molecule has 0 unspecified atom stereocenters. The molecule has 2 rings (SSSR count). The van der Waals surface area contributed by atoms with E-state index in [1.807, 2.05) is 12.3 Å². The fourth-order valence-electron chi connectivity index (χ4n) is 2.31. The van der Waals surface area contributed by atoms with Crippen LogP contribution in [0.3, 0.4) is 0 Å². The molecule has 0 atom stereocenters. The van der Waals surface area contributed by atoms with E-state index < -0.39 is 0 Å². The Morgan fingerprint density at radius 1 is 1.30 bits per heavy atom. The zero-order chi connectivity index (χ0) is 14.4. The van der Waals surface area contributed by atoms with E-state index in [-0.39, 0.29) is 5.41 Å². The number of pyridine rings is 1. The Morgan fingerprint density at radius 2 is 2.05 bits per heavy atom. The molecule has 1 aliphatic rings. The van der Waals surface area contributed by atoms with E-state index in [1.165, 1.54) is 5.56 Å². The van der Waals surface area contributed by atoms with Crippen molar-refractivity contribution in [2.45, 2.75) is 45.1 Å². The Bertz CT molecular complexity index is 391. The Labute approximate surface area is 122 Å². The van der Waals surface area contributed by atoms with Gasteiger partial charge in [-0.1, -0.05) is 26.8 Å². The van der Waals surface area contributed by atoms with Crippen LogP contribution in [-0.2, 0) is 10.2 Å². The van der Waals surface area contributed by atoms with Gasteiger partial charge in [-0.05, 0) is 43.0 Å². The maximum Gasteiger partial charge on any atom is 0.125 e. The highest BCUT2D eigenvalue weighted by atomic mass is 16.5. The number of anilines is 1. The molecule has 1 aliphatic heterocycles. The van der Waals surface area contributed by atoms with Gasteiger partial charge in [0.05, 0.1) is 12.7 Å². The third-order valence-electron chi connectivity index (χ3n) is 3.68. The minimum absolute atomic E-state index is 0.156. The predicted octanol–water partition coefficient (Wildman–Crippen LogP) is 2.56. The highest BCUT2D eigenvalue weighted by Crippen LogP contribution is 2.21. The van der Waals surface area contributed by atoms with Gasteiger partial charge in [-0.15, -0.1) is 0 Å². The van der Waals surface area contributed by atoms with Crippen LogP contribution in [-0.4, -0.2) is 37.3 Å². The highest BCUT2D eigenvalue weighted by Gasteiger charge is 2.14. The lowest BCUT2D eigenvalue weighted by atomic mass is 9.88. The molecule has 0 radical (unpaired) electrons. The lowest BCUT2D eigenvalue weighted by molar-refractivity contribution is 0.0394. The van der Waals surface area contributed by atoms with E-state index >= 15 is 0 Å². The van der Waals surface area contributed by atoms with Crippen molar-refractivity contribution in [2.75, 3.05) is 31.6 Å². The van der Waals surface area contributed by atoms with E-state index in [0.29, 0.717) is 6.10 Å². The van der Waals surface area contributed by atoms with Crippen LogP contribution in [0.15, 0.2) is 18.3 Å². The quantitative estimate of drug-likeness (QED) is 0.812. The summed E-state index contributed by atoms with van der Waals surface area (Å²) in [6.07, 6.45) is 4.63. The second kappa shape index (κ2) is 7.04. The molecule has 2 heterocycles. The first-order chi connectivity index (χ1) is 9.55. The van der Waals surface area contributed by atoms with E-state index in [1.54, 1.807) is 0 Å². The topological polar surface area (TPSA) is 46.2 Å². The van der Waals surface area contributed by atoms with Crippen LogP contribution >= 0.6 is 0 Å². The van der Waals surface area contributed by atoms with Gasteiger partial charge in [0.25, 0.3) is 0 Å². The first-order valence-corrected chi connectivity index (χ1v) is 7.58. The van der Waals surface area contributed by atoms with Crippen molar-refractivity contribution in [3.05, 3.63) is 23.9 Å². The zero-order valence-electron chi connectivity index (χ0n) is 12.9. The monoisotopic (exact) mass is 277 g/mol. The van der Waals surface area contributed by atoms with Crippen LogP contribution < -0.4 is 10.6 Å². The third-order valence-corrected chi connectivity index (χ3v) is 3.68. The summed E-state index contributed by atoms with van der Waals surface area (Å²) in [5.41, 5.74) is 1.41. The first-order valence-electron chi connectivity index (χ1n) is 7.58.